The minimum Gasteiger partial charge on any atom is -0.463 e. The maximum absolute atomic E-state index is 12.2. The number of methoxy groups -OCH3 is 1. The second-order valence-electron chi connectivity index (χ2n) is 19.9. The minimum absolute atomic E-state index is 0.0194. The molecule has 17 nitrogen and oxygen atoms in total. The molecule has 414 valence electrons. The molecular weight excluding hydrogens is 897 g/mol. The van der Waals surface area contributed by atoms with Gasteiger partial charge in [0, 0.05) is 7.11 Å². The van der Waals surface area contributed by atoms with Gasteiger partial charge in [0.15, 0.2) is 0 Å². The Morgan fingerprint density at radius 2 is 0.435 bits per heavy atom. The molecule has 0 aliphatic carbocycles. The molecular formula is C52H104O17. The van der Waals surface area contributed by atoms with E-state index in [1.807, 2.05) is 125 Å². The fourth-order valence-electron chi connectivity index (χ4n) is 5.47. The number of carbonyl (C=O) groups excluding carboxylic acids is 1. The van der Waals surface area contributed by atoms with Crippen LogP contribution in [0.1, 0.15) is 131 Å². The van der Waals surface area contributed by atoms with E-state index in [1.165, 1.54) is 0 Å². The number of hydrogen-bond acceptors (Lipinski definition) is 17. The summed E-state index contributed by atoms with van der Waals surface area (Å²) in [7, 11) is 1.67. The molecule has 0 spiro atoms. The molecule has 0 bridgehead atoms. The van der Waals surface area contributed by atoms with Gasteiger partial charge in [-0.3, -0.25) is 4.79 Å². The number of esters is 1. The Morgan fingerprint density at radius 3 is 0.580 bits per heavy atom. The predicted molar refractivity (Wildman–Crippen MR) is 267 cm³/mol. The van der Waals surface area contributed by atoms with E-state index in [4.69, 9.17) is 75.8 Å². The zero-order chi connectivity index (χ0) is 52.4. The summed E-state index contributed by atoms with van der Waals surface area (Å²) in [6.07, 6.45) is -0.693. The lowest BCUT2D eigenvalue weighted by Gasteiger charge is -2.24. The van der Waals surface area contributed by atoms with Gasteiger partial charge < -0.3 is 75.8 Å². The van der Waals surface area contributed by atoms with Gasteiger partial charge in [0.05, 0.1) is 189 Å². The lowest BCUT2D eigenvalue weighted by atomic mass is 9.91. The summed E-state index contributed by atoms with van der Waals surface area (Å²) in [6, 6.07) is 0. The topological polar surface area (TPSA) is 165 Å². The van der Waals surface area contributed by atoms with Crippen molar-refractivity contribution < 1.29 is 80.6 Å². The number of hydrogen-bond donors (Lipinski definition) is 0. The highest BCUT2D eigenvalue weighted by Gasteiger charge is 2.27. The summed E-state index contributed by atoms with van der Waals surface area (Å²) in [5.74, 6) is -0.211. The van der Waals surface area contributed by atoms with Crippen LogP contribution in [-0.2, 0) is 80.6 Å². The van der Waals surface area contributed by atoms with Crippen LogP contribution >= 0.6 is 0 Å². The Morgan fingerprint density at radius 1 is 0.290 bits per heavy atom. The van der Waals surface area contributed by atoms with Crippen molar-refractivity contribution in [1.82, 2.24) is 0 Å². The molecule has 0 aromatic rings. The molecule has 69 heavy (non-hydrogen) atoms. The zero-order valence-electron chi connectivity index (χ0n) is 46.9. The predicted octanol–water partition coefficient (Wildman–Crippen LogP) is 7.67. The Kier molecular flexibility index (Phi) is 39.6. The quantitative estimate of drug-likeness (QED) is 0.0545. The second kappa shape index (κ2) is 40.3. The van der Waals surface area contributed by atoms with Crippen LogP contribution in [0.2, 0.25) is 0 Å². The minimum atomic E-state index is -0.495. The van der Waals surface area contributed by atoms with Gasteiger partial charge in [0.1, 0.15) is 6.61 Å². The normalized spacial score (nSPS) is 19.1. The number of carbonyl (C=O) groups is 1. The molecule has 15 atom stereocenters. The van der Waals surface area contributed by atoms with Crippen LogP contribution < -0.4 is 0 Å². The van der Waals surface area contributed by atoms with Crippen molar-refractivity contribution in [2.75, 3.05) is 106 Å². The molecule has 0 radical (unpaired) electrons. The zero-order valence-corrected chi connectivity index (χ0v) is 46.9. The first-order valence-corrected chi connectivity index (χ1v) is 25.8. The van der Waals surface area contributed by atoms with Crippen molar-refractivity contribution in [2.24, 2.45) is 5.41 Å². The molecule has 15 unspecified atom stereocenters. The SMILES string of the molecule is CCC(C)(C)C(=O)OCC(C)OCC(C)OCC(C)OCC(C)OCC(C)OCC(C)OCC(C)OCC(C)OCC(C)OCC(C)OCC(C)OCC(C)OCC(C)OCC(C)OCC(C)OC. The third-order valence-electron chi connectivity index (χ3n) is 10.9. The fraction of sp³-hybridized carbons (Fsp3) is 0.981. The monoisotopic (exact) mass is 1000 g/mol. The lowest BCUT2D eigenvalue weighted by Crippen LogP contribution is -2.31. The third-order valence-corrected chi connectivity index (χ3v) is 10.9. The van der Waals surface area contributed by atoms with E-state index in [0.29, 0.717) is 92.5 Å². The molecule has 0 amide bonds. The molecule has 0 aromatic heterocycles. The van der Waals surface area contributed by atoms with Crippen LogP contribution in [0.25, 0.3) is 0 Å². The lowest BCUT2D eigenvalue weighted by molar-refractivity contribution is -0.159. The van der Waals surface area contributed by atoms with Crippen LogP contribution in [-0.4, -0.2) is 204 Å². The van der Waals surface area contributed by atoms with Gasteiger partial charge >= 0.3 is 5.97 Å². The molecule has 0 saturated heterocycles. The van der Waals surface area contributed by atoms with Crippen LogP contribution in [0.3, 0.4) is 0 Å². The standard InChI is InChI=1S/C52H104O17/c1-20-52(17,18)51(53)69-35-50(16)68-34-49(15)67-33-48(14)66-32-47(13)65-31-46(12)64-30-45(11)63-29-44(10)62-28-43(9)61-27-42(8)60-26-41(7)59-25-40(6)58-24-39(5)57-23-38(4)56-22-37(3)55-21-36(2)54-19/h36-50H,20-35H2,1-19H3. The van der Waals surface area contributed by atoms with E-state index in [1.54, 1.807) is 7.11 Å². The van der Waals surface area contributed by atoms with Crippen LogP contribution in [0, 0.1) is 5.41 Å². The highest BCUT2D eigenvalue weighted by molar-refractivity contribution is 5.75. The van der Waals surface area contributed by atoms with Crippen molar-refractivity contribution in [3.05, 3.63) is 0 Å². The van der Waals surface area contributed by atoms with Gasteiger partial charge in [-0.2, -0.15) is 0 Å². The van der Waals surface area contributed by atoms with E-state index < -0.39 is 5.41 Å². The smallest absolute Gasteiger partial charge is 0.311 e. The molecule has 0 saturated carbocycles. The molecule has 0 aromatic carbocycles. The largest absolute Gasteiger partial charge is 0.463 e. The highest BCUT2D eigenvalue weighted by atomic mass is 16.6. The van der Waals surface area contributed by atoms with Crippen LogP contribution in [0.15, 0.2) is 0 Å². The van der Waals surface area contributed by atoms with Gasteiger partial charge in [-0.05, 0) is 124 Å². The van der Waals surface area contributed by atoms with Crippen LogP contribution in [0.4, 0.5) is 0 Å². The highest BCUT2D eigenvalue weighted by Crippen LogP contribution is 2.21. The average Bonchev–Trinajstić information content (AvgIpc) is 3.32. The Hall–Kier alpha value is -1.13. The van der Waals surface area contributed by atoms with Crippen molar-refractivity contribution in [3.8, 4) is 0 Å². The summed E-state index contributed by atoms with van der Waals surface area (Å²) >= 11 is 0. The first-order valence-electron chi connectivity index (χ1n) is 25.8. The Bertz CT molecular complexity index is 1200. The van der Waals surface area contributed by atoms with Gasteiger partial charge in [0.2, 0.25) is 0 Å². The van der Waals surface area contributed by atoms with Crippen molar-refractivity contribution in [3.63, 3.8) is 0 Å². The Labute approximate surface area is 419 Å². The van der Waals surface area contributed by atoms with E-state index in [0.717, 1.165) is 6.42 Å². The van der Waals surface area contributed by atoms with E-state index >= 15 is 0 Å². The third kappa shape index (κ3) is 39.1. The number of rotatable bonds is 47. The fourth-order valence-corrected chi connectivity index (χ4v) is 5.47. The van der Waals surface area contributed by atoms with Crippen molar-refractivity contribution in [1.29, 1.82) is 0 Å². The maximum atomic E-state index is 12.2. The van der Waals surface area contributed by atoms with E-state index in [-0.39, 0.29) is 104 Å². The van der Waals surface area contributed by atoms with Crippen molar-refractivity contribution >= 4 is 5.97 Å². The maximum Gasteiger partial charge on any atom is 0.311 e. The first-order chi connectivity index (χ1) is 32.4. The van der Waals surface area contributed by atoms with E-state index in [9.17, 15) is 4.79 Å². The summed E-state index contributed by atoms with van der Waals surface area (Å²) < 4.78 is 93.6. The molecule has 0 fully saturated rings. The Balaban J connectivity index is 4.02. The van der Waals surface area contributed by atoms with Gasteiger partial charge in [-0.1, -0.05) is 6.92 Å². The average molecular weight is 1000 g/mol. The van der Waals surface area contributed by atoms with Gasteiger partial charge in [-0.25, -0.2) is 0 Å². The summed E-state index contributed by atoms with van der Waals surface area (Å²) in [5.41, 5.74) is -0.495. The first kappa shape index (κ1) is 67.9. The molecule has 0 N–H and O–H groups in total. The molecule has 0 rings (SSSR count). The summed E-state index contributed by atoms with van der Waals surface area (Å²) in [6.45, 7) is 41.8. The summed E-state index contributed by atoms with van der Waals surface area (Å²) in [5, 5.41) is 0. The molecule has 17 heteroatoms. The molecule has 0 aliphatic heterocycles. The number of ether oxygens (including phenoxy) is 16. The second-order valence-corrected chi connectivity index (χ2v) is 19.9. The molecule has 0 aliphatic rings. The van der Waals surface area contributed by atoms with Crippen LogP contribution in [0.5, 0.6) is 0 Å². The van der Waals surface area contributed by atoms with E-state index in [2.05, 4.69) is 0 Å². The van der Waals surface area contributed by atoms with Gasteiger partial charge in [0.25, 0.3) is 0 Å². The summed E-state index contributed by atoms with van der Waals surface area (Å²) in [4.78, 5) is 12.2. The van der Waals surface area contributed by atoms with Crippen molar-refractivity contribution in [2.45, 2.75) is 223 Å². The van der Waals surface area contributed by atoms with Gasteiger partial charge in [-0.15, -0.1) is 0 Å². The molecule has 0 heterocycles.